The second-order valence-corrected chi connectivity index (χ2v) is 7.79. The highest BCUT2D eigenvalue weighted by Crippen LogP contribution is 2.61. The first-order valence-electron chi connectivity index (χ1n) is 8.70. The molecule has 0 amide bonds. The van der Waals surface area contributed by atoms with Gasteiger partial charge in [-0.2, -0.15) is 0 Å². The van der Waals surface area contributed by atoms with E-state index < -0.39 is 22.8 Å². The summed E-state index contributed by atoms with van der Waals surface area (Å²) in [6.45, 7) is 1.93. The maximum Gasteiger partial charge on any atom is 0.310 e. The summed E-state index contributed by atoms with van der Waals surface area (Å²) in [5, 5.41) is 20.1. The van der Waals surface area contributed by atoms with Crippen LogP contribution in [0.1, 0.15) is 51.9 Å². The lowest BCUT2D eigenvalue weighted by Crippen LogP contribution is -2.54. The van der Waals surface area contributed by atoms with Crippen molar-refractivity contribution in [3.8, 4) is 0 Å². The second kappa shape index (κ2) is 4.93. The van der Waals surface area contributed by atoms with E-state index in [1.807, 2.05) is 6.92 Å². The van der Waals surface area contributed by atoms with E-state index in [1.54, 1.807) is 0 Å². The molecule has 0 aromatic carbocycles. The number of aliphatic carboxylic acids is 2. The summed E-state index contributed by atoms with van der Waals surface area (Å²) in [6, 6.07) is 0. The predicted octanol–water partition coefficient (Wildman–Crippen LogP) is 2.06. The van der Waals surface area contributed by atoms with Gasteiger partial charge in [-0.15, -0.1) is 0 Å². The van der Waals surface area contributed by atoms with E-state index in [-0.39, 0.29) is 30.3 Å². The van der Waals surface area contributed by atoms with Crippen LogP contribution in [0.5, 0.6) is 0 Å². The predicted molar refractivity (Wildman–Crippen MR) is 78.9 cm³/mol. The zero-order valence-corrected chi connectivity index (χ0v) is 13.4. The maximum atomic E-state index is 12.3. The lowest BCUT2D eigenvalue weighted by Gasteiger charge is -2.48. The van der Waals surface area contributed by atoms with Crippen LogP contribution in [0.3, 0.4) is 0 Å². The van der Waals surface area contributed by atoms with Crippen LogP contribution in [-0.2, 0) is 19.1 Å². The molecule has 6 atom stereocenters. The summed E-state index contributed by atoms with van der Waals surface area (Å²) < 4.78 is 11.1. The van der Waals surface area contributed by atoms with Gasteiger partial charge in [0.2, 0.25) is 0 Å². The normalized spacial score (nSPS) is 48.7. The Hall–Kier alpha value is -1.14. The Labute approximate surface area is 135 Å². The Bertz CT molecular complexity index is 501. The first kappa shape index (κ1) is 15.4. The van der Waals surface area contributed by atoms with Gasteiger partial charge in [0.25, 0.3) is 0 Å². The van der Waals surface area contributed by atoms with Crippen molar-refractivity contribution in [1.29, 1.82) is 0 Å². The number of carboxylic acids is 2. The highest BCUT2D eigenvalue weighted by Gasteiger charge is 2.66. The molecule has 2 aliphatic heterocycles. The molecule has 6 nitrogen and oxygen atoms in total. The molecule has 6 heteroatoms. The zero-order chi connectivity index (χ0) is 16.4. The van der Waals surface area contributed by atoms with Crippen molar-refractivity contribution >= 4 is 11.9 Å². The molecule has 128 valence electrons. The first-order chi connectivity index (χ1) is 10.9. The largest absolute Gasteiger partial charge is 0.481 e. The molecule has 2 heterocycles. The Morgan fingerprint density at radius 1 is 0.957 bits per heavy atom. The summed E-state index contributed by atoms with van der Waals surface area (Å²) in [6.07, 6.45) is 4.38. The average molecular weight is 324 g/mol. The Morgan fingerprint density at radius 2 is 1.39 bits per heavy atom. The third-order valence-electron chi connectivity index (χ3n) is 6.85. The minimum atomic E-state index is -0.980. The van der Waals surface area contributed by atoms with E-state index in [0.29, 0.717) is 32.1 Å². The summed E-state index contributed by atoms with van der Waals surface area (Å²) in [5.41, 5.74) is -1.96. The summed E-state index contributed by atoms with van der Waals surface area (Å²) >= 11 is 0. The number of fused-ring (bicyclic) bond motifs is 2. The van der Waals surface area contributed by atoms with E-state index >= 15 is 0 Å². The molecule has 0 radical (unpaired) electrons. The van der Waals surface area contributed by atoms with Crippen molar-refractivity contribution in [1.82, 2.24) is 0 Å². The third-order valence-corrected chi connectivity index (χ3v) is 6.85. The minimum absolute atomic E-state index is 0.00765. The molecule has 2 saturated heterocycles. The maximum absolute atomic E-state index is 12.3. The fraction of sp³-hybridized carbons (Fsp3) is 0.882. The lowest BCUT2D eigenvalue weighted by molar-refractivity contribution is -0.172. The monoisotopic (exact) mass is 324 g/mol. The highest BCUT2D eigenvalue weighted by atomic mass is 16.6. The van der Waals surface area contributed by atoms with Gasteiger partial charge in [0, 0.05) is 0 Å². The topological polar surface area (TPSA) is 99.7 Å². The fourth-order valence-electron chi connectivity index (χ4n) is 5.58. The van der Waals surface area contributed by atoms with Gasteiger partial charge in [0.05, 0.1) is 35.2 Å². The number of hydrogen-bond donors (Lipinski definition) is 2. The lowest BCUT2D eigenvalue weighted by atomic mass is 9.52. The molecule has 6 unspecified atom stereocenters. The van der Waals surface area contributed by atoms with Crippen molar-refractivity contribution in [3.63, 3.8) is 0 Å². The van der Waals surface area contributed by atoms with Crippen molar-refractivity contribution in [2.75, 3.05) is 0 Å². The molecular formula is C17H24O6. The number of epoxide rings is 2. The molecule has 0 spiro atoms. The van der Waals surface area contributed by atoms with Gasteiger partial charge in [-0.1, -0.05) is 13.3 Å². The van der Waals surface area contributed by atoms with Crippen LogP contribution in [0.25, 0.3) is 0 Å². The molecule has 23 heavy (non-hydrogen) atoms. The number of ether oxygens (including phenoxy) is 2. The standard InChI is InChI=1S/C17H24O6/c1-2-13(16(14(18)19)5-3-9-11(7-16)22-9)17(15(20)21)6-4-10-12(8-17)23-10/h9-13H,2-8H2,1H3,(H,18,19)(H,20,21). The molecule has 4 fully saturated rings. The van der Waals surface area contributed by atoms with Gasteiger partial charge in [-0.05, 0) is 44.4 Å². The number of hydrogen-bond acceptors (Lipinski definition) is 4. The van der Waals surface area contributed by atoms with Gasteiger partial charge in [0.1, 0.15) is 0 Å². The van der Waals surface area contributed by atoms with E-state index in [9.17, 15) is 19.8 Å². The van der Waals surface area contributed by atoms with Gasteiger partial charge >= 0.3 is 11.9 Å². The first-order valence-corrected chi connectivity index (χ1v) is 8.70. The third kappa shape index (κ3) is 2.14. The minimum Gasteiger partial charge on any atom is -0.481 e. The summed E-state index contributed by atoms with van der Waals surface area (Å²) in [5.74, 6) is -2.07. The summed E-state index contributed by atoms with van der Waals surface area (Å²) in [4.78, 5) is 24.5. The molecule has 2 aliphatic carbocycles. The smallest absolute Gasteiger partial charge is 0.310 e. The second-order valence-electron chi connectivity index (χ2n) is 7.79. The molecule has 4 rings (SSSR count). The van der Waals surface area contributed by atoms with E-state index in [1.165, 1.54) is 0 Å². The van der Waals surface area contributed by atoms with Gasteiger partial charge in [-0.3, -0.25) is 9.59 Å². The van der Waals surface area contributed by atoms with Crippen LogP contribution in [0, 0.1) is 16.7 Å². The van der Waals surface area contributed by atoms with E-state index in [4.69, 9.17) is 9.47 Å². The van der Waals surface area contributed by atoms with Gasteiger partial charge in [-0.25, -0.2) is 0 Å². The number of carboxylic acid groups (broad SMARTS) is 2. The number of rotatable bonds is 5. The fourth-order valence-corrected chi connectivity index (χ4v) is 5.58. The van der Waals surface area contributed by atoms with Crippen LogP contribution in [0.15, 0.2) is 0 Å². The average Bonchev–Trinajstić information content (AvgIpc) is 3.41. The Kier molecular flexibility index (Phi) is 3.30. The number of carbonyl (C=O) groups is 2. The molecule has 0 aromatic rings. The van der Waals surface area contributed by atoms with Gasteiger partial charge < -0.3 is 19.7 Å². The van der Waals surface area contributed by atoms with Crippen molar-refractivity contribution in [3.05, 3.63) is 0 Å². The van der Waals surface area contributed by atoms with E-state index in [0.717, 1.165) is 12.8 Å². The SMILES string of the molecule is CCC(C1(C(=O)O)CCC2OC2C1)C1(C(=O)O)CCC2OC2C1. The molecule has 4 aliphatic rings. The van der Waals surface area contributed by atoms with E-state index in [2.05, 4.69) is 0 Å². The molecule has 2 saturated carbocycles. The van der Waals surface area contributed by atoms with Crippen LogP contribution in [-0.4, -0.2) is 46.6 Å². The van der Waals surface area contributed by atoms with Crippen molar-refractivity contribution < 1.29 is 29.3 Å². The van der Waals surface area contributed by atoms with Crippen LogP contribution < -0.4 is 0 Å². The van der Waals surface area contributed by atoms with Crippen LogP contribution >= 0.6 is 0 Å². The Morgan fingerprint density at radius 3 is 1.70 bits per heavy atom. The van der Waals surface area contributed by atoms with Crippen molar-refractivity contribution in [2.45, 2.75) is 76.3 Å². The summed E-state index contributed by atoms with van der Waals surface area (Å²) in [7, 11) is 0. The van der Waals surface area contributed by atoms with Gasteiger partial charge in [0.15, 0.2) is 0 Å². The van der Waals surface area contributed by atoms with Crippen molar-refractivity contribution in [2.24, 2.45) is 16.7 Å². The quantitative estimate of drug-likeness (QED) is 0.751. The molecule has 2 N–H and O–H groups in total. The Balaban J connectivity index is 1.71. The highest BCUT2D eigenvalue weighted by molar-refractivity contribution is 5.80. The molecular weight excluding hydrogens is 300 g/mol. The molecule has 0 aromatic heterocycles. The zero-order valence-electron chi connectivity index (χ0n) is 13.4. The van der Waals surface area contributed by atoms with Crippen LogP contribution in [0.4, 0.5) is 0 Å². The van der Waals surface area contributed by atoms with Crippen LogP contribution in [0.2, 0.25) is 0 Å². The molecule has 0 bridgehead atoms.